The van der Waals surface area contributed by atoms with Crippen LogP contribution in [0.1, 0.15) is 26.3 Å². The van der Waals surface area contributed by atoms with Gasteiger partial charge in [-0.1, -0.05) is 26.0 Å². The first-order valence-corrected chi connectivity index (χ1v) is 10.5. The number of methoxy groups -OCH3 is 2. The first kappa shape index (κ1) is 21.8. The summed E-state index contributed by atoms with van der Waals surface area (Å²) in [7, 11) is 3.05. The first-order chi connectivity index (χ1) is 14.4. The van der Waals surface area contributed by atoms with Crippen molar-refractivity contribution in [3.8, 4) is 17.2 Å². The zero-order valence-corrected chi connectivity index (χ0v) is 18.5. The summed E-state index contributed by atoms with van der Waals surface area (Å²) in [6.45, 7) is 6.45. The van der Waals surface area contributed by atoms with Crippen molar-refractivity contribution in [2.45, 2.75) is 26.0 Å². The lowest BCUT2D eigenvalue weighted by Gasteiger charge is -2.17. The number of carbonyl (C=O) groups excluding carboxylic acids is 2. The van der Waals surface area contributed by atoms with Gasteiger partial charge in [-0.05, 0) is 36.8 Å². The van der Waals surface area contributed by atoms with Gasteiger partial charge in [0.05, 0.1) is 37.0 Å². The fraction of sp³-hybridized carbons (Fsp3) is 0.304. The van der Waals surface area contributed by atoms with Crippen molar-refractivity contribution < 1.29 is 23.8 Å². The topological polar surface area (TPSA) is 65.1 Å². The minimum absolute atomic E-state index is 0.139. The Labute approximate surface area is 180 Å². The number of hydrogen-bond donors (Lipinski definition) is 0. The highest BCUT2D eigenvalue weighted by molar-refractivity contribution is 8.04. The number of rotatable bonds is 8. The number of nitrogens with zero attached hydrogens (tertiary/aromatic N) is 1. The Kier molecular flexibility index (Phi) is 6.72. The molecule has 2 aromatic carbocycles. The number of thioether (sulfide) groups is 1. The molecule has 1 heterocycles. The molecule has 0 radical (unpaired) electrons. The van der Waals surface area contributed by atoms with Crippen molar-refractivity contribution in [2.75, 3.05) is 25.7 Å². The predicted molar refractivity (Wildman–Crippen MR) is 119 cm³/mol. The number of carbonyl (C=O) groups is 2. The quantitative estimate of drug-likeness (QED) is 0.577. The van der Waals surface area contributed by atoms with Crippen molar-refractivity contribution >= 4 is 34.8 Å². The zero-order chi connectivity index (χ0) is 21.8. The van der Waals surface area contributed by atoms with E-state index in [9.17, 15) is 9.59 Å². The summed E-state index contributed by atoms with van der Waals surface area (Å²) < 4.78 is 16.1. The lowest BCUT2D eigenvalue weighted by atomic mass is 10.1. The van der Waals surface area contributed by atoms with E-state index in [0.717, 1.165) is 0 Å². The van der Waals surface area contributed by atoms with Crippen molar-refractivity contribution in [1.82, 2.24) is 0 Å². The molecule has 1 aliphatic rings. The largest absolute Gasteiger partial charge is 0.494 e. The fourth-order valence-corrected chi connectivity index (χ4v) is 4.18. The third kappa shape index (κ3) is 4.16. The summed E-state index contributed by atoms with van der Waals surface area (Å²) in [4.78, 5) is 28.3. The maximum Gasteiger partial charge on any atom is 0.272 e. The molecule has 0 bridgehead atoms. The number of hydrogen-bond acceptors (Lipinski definition) is 6. The molecule has 30 heavy (non-hydrogen) atoms. The van der Waals surface area contributed by atoms with Gasteiger partial charge in [0.1, 0.15) is 5.75 Å². The van der Waals surface area contributed by atoms with Gasteiger partial charge in [-0.3, -0.25) is 9.59 Å². The third-order valence-electron chi connectivity index (χ3n) is 4.47. The number of amides is 2. The molecule has 0 aliphatic carbocycles. The van der Waals surface area contributed by atoms with Crippen LogP contribution in [0.3, 0.4) is 0 Å². The Hall–Kier alpha value is -2.93. The lowest BCUT2D eigenvalue weighted by Crippen LogP contribution is -2.31. The molecule has 0 saturated heterocycles. The lowest BCUT2D eigenvalue weighted by molar-refractivity contribution is -0.119. The average molecular weight is 428 g/mol. The highest BCUT2D eigenvalue weighted by Gasteiger charge is 2.40. The van der Waals surface area contributed by atoms with Crippen LogP contribution in [0.15, 0.2) is 47.4 Å². The second-order valence-electron chi connectivity index (χ2n) is 6.81. The summed E-state index contributed by atoms with van der Waals surface area (Å²) in [5.41, 5.74) is 1.52. The van der Waals surface area contributed by atoms with E-state index in [1.807, 2.05) is 32.9 Å². The molecule has 0 unspecified atom stereocenters. The molecule has 2 aromatic rings. The monoisotopic (exact) mass is 427 g/mol. The molecule has 7 heteroatoms. The van der Waals surface area contributed by atoms with E-state index < -0.39 is 0 Å². The molecule has 0 fully saturated rings. The van der Waals surface area contributed by atoms with Crippen LogP contribution >= 0.6 is 11.8 Å². The molecular weight excluding hydrogens is 402 g/mol. The van der Waals surface area contributed by atoms with Gasteiger partial charge in [-0.15, -0.1) is 11.8 Å². The van der Waals surface area contributed by atoms with E-state index in [1.165, 1.54) is 30.9 Å². The molecule has 0 spiro atoms. The van der Waals surface area contributed by atoms with Crippen molar-refractivity contribution in [1.29, 1.82) is 0 Å². The Morgan fingerprint density at radius 2 is 1.60 bits per heavy atom. The Balaban J connectivity index is 2.05. The molecule has 158 valence electrons. The van der Waals surface area contributed by atoms with Gasteiger partial charge < -0.3 is 14.2 Å². The Morgan fingerprint density at radius 3 is 2.17 bits per heavy atom. The van der Waals surface area contributed by atoms with Gasteiger partial charge in [0, 0.05) is 11.3 Å². The Morgan fingerprint density at radius 1 is 0.933 bits per heavy atom. The SMILES string of the molecule is CCOc1ccc(C2=C(SC(C)C)C(=O)N(c3ccc(OC)c(OC)c3)C2=O)cc1. The predicted octanol–water partition coefficient (Wildman–Crippen LogP) is 4.53. The molecule has 2 amide bonds. The summed E-state index contributed by atoms with van der Waals surface area (Å²) in [5, 5.41) is 0.139. The first-order valence-electron chi connectivity index (χ1n) is 9.66. The standard InChI is InChI=1S/C23H25NO5S/c1-6-29-17-10-7-15(8-11-17)20-21(30-14(2)3)23(26)24(22(20)25)16-9-12-18(27-4)19(13-16)28-5/h7-14H,6H2,1-5H3. The second kappa shape index (κ2) is 9.26. The number of anilines is 1. The number of imide groups is 1. The minimum atomic E-state index is -0.362. The second-order valence-corrected chi connectivity index (χ2v) is 8.40. The molecular formula is C23H25NO5S. The van der Waals surface area contributed by atoms with Gasteiger partial charge in [0.2, 0.25) is 0 Å². The van der Waals surface area contributed by atoms with Gasteiger partial charge in [-0.25, -0.2) is 4.90 Å². The van der Waals surface area contributed by atoms with Gasteiger partial charge in [0.15, 0.2) is 11.5 Å². The van der Waals surface area contributed by atoms with Crippen molar-refractivity contribution in [3.05, 3.63) is 52.9 Å². The molecule has 0 saturated carbocycles. The van der Waals surface area contributed by atoms with Crippen LogP contribution in [0.4, 0.5) is 5.69 Å². The summed E-state index contributed by atoms with van der Waals surface area (Å²) in [6, 6.07) is 12.2. The molecule has 0 N–H and O–H groups in total. The summed E-state index contributed by atoms with van der Waals surface area (Å²) in [6.07, 6.45) is 0. The fourth-order valence-electron chi connectivity index (χ4n) is 3.19. The number of ether oxygens (including phenoxy) is 3. The van der Waals surface area contributed by atoms with Gasteiger partial charge in [0.25, 0.3) is 11.8 Å². The minimum Gasteiger partial charge on any atom is -0.494 e. The van der Waals surface area contributed by atoms with Crippen LogP contribution in [0.25, 0.3) is 5.57 Å². The van der Waals surface area contributed by atoms with Crippen LogP contribution in [0.2, 0.25) is 0 Å². The number of benzene rings is 2. The molecule has 1 aliphatic heterocycles. The zero-order valence-electron chi connectivity index (χ0n) is 17.7. The molecule has 0 atom stereocenters. The normalized spacial score (nSPS) is 14.0. The van der Waals surface area contributed by atoms with Crippen LogP contribution in [-0.4, -0.2) is 37.9 Å². The van der Waals surface area contributed by atoms with E-state index in [2.05, 4.69) is 0 Å². The van der Waals surface area contributed by atoms with E-state index in [1.54, 1.807) is 30.3 Å². The third-order valence-corrected chi connectivity index (χ3v) is 5.56. The average Bonchev–Trinajstić information content (AvgIpc) is 2.97. The van der Waals surface area contributed by atoms with E-state index in [4.69, 9.17) is 14.2 Å². The van der Waals surface area contributed by atoms with Crippen LogP contribution < -0.4 is 19.1 Å². The highest BCUT2D eigenvalue weighted by atomic mass is 32.2. The van der Waals surface area contributed by atoms with Crippen molar-refractivity contribution in [3.63, 3.8) is 0 Å². The Bertz CT molecular complexity index is 982. The van der Waals surface area contributed by atoms with Crippen LogP contribution in [0.5, 0.6) is 17.2 Å². The summed E-state index contributed by atoms with van der Waals surface area (Å²) in [5.74, 6) is 0.989. The maximum absolute atomic E-state index is 13.4. The molecule has 0 aromatic heterocycles. The van der Waals surface area contributed by atoms with Gasteiger partial charge in [-0.2, -0.15) is 0 Å². The highest BCUT2D eigenvalue weighted by Crippen LogP contribution is 2.41. The maximum atomic E-state index is 13.4. The van der Waals surface area contributed by atoms with Crippen molar-refractivity contribution in [2.24, 2.45) is 0 Å². The molecule has 3 rings (SSSR count). The molecule has 6 nitrogen and oxygen atoms in total. The smallest absolute Gasteiger partial charge is 0.272 e. The van der Waals surface area contributed by atoms with Crippen LogP contribution in [0, 0.1) is 0 Å². The van der Waals surface area contributed by atoms with E-state index in [-0.39, 0.29) is 17.1 Å². The van der Waals surface area contributed by atoms with E-state index >= 15 is 0 Å². The van der Waals surface area contributed by atoms with Gasteiger partial charge >= 0.3 is 0 Å². The van der Waals surface area contributed by atoms with Crippen LogP contribution in [-0.2, 0) is 9.59 Å². The summed E-state index contributed by atoms with van der Waals surface area (Å²) >= 11 is 1.39. The van der Waals surface area contributed by atoms with E-state index in [0.29, 0.717) is 45.6 Å².